The summed E-state index contributed by atoms with van der Waals surface area (Å²) < 4.78 is 0. The molecule has 0 radical (unpaired) electrons. The molecule has 2 aromatic carbocycles. The van der Waals surface area contributed by atoms with Crippen LogP contribution < -0.4 is 20.9 Å². The summed E-state index contributed by atoms with van der Waals surface area (Å²) in [5.41, 5.74) is 4.03. The molecular weight excluding hydrogens is 530 g/mol. The lowest BCUT2D eigenvalue weighted by Gasteiger charge is -2.36. The van der Waals surface area contributed by atoms with E-state index in [1.165, 1.54) is 6.08 Å². The number of carbonyl (C=O) groups is 2. The van der Waals surface area contributed by atoms with Gasteiger partial charge in [-0.15, -0.1) is 0 Å². The zero-order valence-corrected chi connectivity index (χ0v) is 24.0. The molecule has 3 aromatic rings. The van der Waals surface area contributed by atoms with E-state index in [2.05, 4.69) is 41.3 Å². The van der Waals surface area contributed by atoms with E-state index in [4.69, 9.17) is 15.0 Å². The number of nitrogens with one attached hydrogen (secondary N) is 3. The van der Waals surface area contributed by atoms with Crippen molar-refractivity contribution in [3.8, 4) is 0 Å². The Bertz CT molecular complexity index is 1480. The lowest BCUT2D eigenvalue weighted by Crippen LogP contribution is -2.41. The summed E-state index contributed by atoms with van der Waals surface area (Å²) in [6, 6.07) is 14.3. The Morgan fingerprint density at radius 3 is 2.60 bits per heavy atom. The van der Waals surface area contributed by atoms with E-state index < -0.39 is 0 Å². The maximum absolute atomic E-state index is 12.9. The maximum Gasteiger partial charge on any atom is 0.255 e. The Kier molecular flexibility index (Phi) is 8.92. The van der Waals surface area contributed by atoms with Crippen molar-refractivity contribution in [2.45, 2.75) is 51.5 Å². The van der Waals surface area contributed by atoms with Gasteiger partial charge in [0.15, 0.2) is 5.82 Å². The normalized spacial score (nSPS) is 17.6. The first-order chi connectivity index (χ1) is 20.4. The fourth-order valence-corrected chi connectivity index (χ4v) is 5.37. The van der Waals surface area contributed by atoms with Gasteiger partial charge in [0.25, 0.3) is 5.91 Å². The van der Waals surface area contributed by atoms with Gasteiger partial charge in [-0.2, -0.15) is 4.98 Å². The fraction of sp³-hybridized carbons (Fsp3) is 0.344. The van der Waals surface area contributed by atoms with Gasteiger partial charge in [0.1, 0.15) is 5.69 Å². The predicted octanol–water partition coefficient (Wildman–Crippen LogP) is 5.79. The summed E-state index contributed by atoms with van der Waals surface area (Å²) in [4.78, 5) is 41.3. The minimum Gasteiger partial charge on any atom is -0.396 e. The average Bonchev–Trinajstić information content (AvgIpc) is 3.43. The van der Waals surface area contributed by atoms with E-state index >= 15 is 0 Å². The van der Waals surface area contributed by atoms with E-state index in [1.807, 2.05) is 30.5 Å². The molecule has 1 fully saturated rings. The molecule has 1 saturated heterocycles. The van der Waals surface area contributed by atoms with Gasteiger partial charge in [-0.05, 0) is 80.1 Å². The quantitative estimate of drug-likeness (QED) is 0.228. The third-order valence-corrected chi connectivity index (χ3v) is 7.63. The van der Waals surface area contributed by atoms with Crippen LogP contribution in [0.5, 0.6) is 0 Å². The SMILES string of the molecule is C=CC(=O)Nc1ccc(C(=O)Nc2cccc(Nc3nc(N4CCCCC4CCO)nc4c3N=CC4C(C)C)c2)cc1. The Morgan fingerprint density at radius 2 is 1.86 bits per heavy atom. The summed E-state index contributed by atoms with van der Waals surface area (Å²) in [5, 5.41) is 18.7. The monoisotopic (exact) mass is 567 g/mol. The van der Waals surface area contributed by atoms with Crippen molar-refractivity contribution in [3.05, 3.63) is 72.4 Å². The standard InChI is InChI=1S/C32H37N7O3/c1-4-27(41)34-22-13-11-21(12-14-22)31(42)36-24-9-7-8-23(18-24)35-30-29-28(26(19-33-29)20(2)3)37-32(38-30)39-16-6-5-10-25(39)15-17-40/h4,7-9,11-14,18-20,25-26,40H,1,5-6,10,15-17H2,2-3H3,(H,34,41)(H,36,42)(H,35,37,38). The zero-order valence-electron chi connectivity index (χ0n) is 24.0. The molecule has 0 saturated carbocycles. The second-order valence-electron chi connectivity index (χ2n) is 10.9. The number of nitrogens with zero attached hydrogens (tertiary/aromatic N) is 4. The summed E-state index contributed by atoms with van der Waals surface area (Å²) in [6.07, 6.45) is 7.01. The molecule has 3 heterocycles. The first kappa shape index (κ1) is 28.9. The Hall–Kier alpha value is -4.57. The molecule has 2 aliphatic rings. The van der Waals surface area contributed by atoms with Crippen LogP contribution in [0.2, 0.25) is 0 Å². The number of fused-ring (bicyclic) bond motifs is 1. The Balaban J connectivity index is 1.38. The molecule has 0 bridgehead atoms. The lowest BCUT2D eigenvalue weighted by atomic mass is 9.94. The Morgan fingerprint density at radius 1 is 1.07 bits per heavy atom. The highest BCUT2D eigenvalue weighted by Gasteiger charge is 2.31. The predicted molar refractivity (Wildman–Crippen MR) is 167 cm³/mol. The maximum atomic E-state index is 12.9. The molecule has 218 valence electrons. The molecule has 5 rings (SSSR count). The molecule has 1 aromatic heterocycles. The minimum atomic E-state index is -0.315. The highest BCUT2D eigenvalue weighted by atomic mass is 16.3. The van der Waals surface area contributed by atoms with Gasteiger partial charge in [-0.25, -0.2) is 4.98 Å². The van der Waals surface area contributed by atoms with Crippen LogP contribution >= 0.6 is 0 Å². The molecule has 2 unspecified atom stereocenters. The van der Waals surface area contributed by atoms with Gasteiger partial charge in [-0.1, -0.05) is 26.5 Å². The number of rotatable bonds is 10. The van der Waals surface area contributed by atoms with Crippen LogP contribution in [0.4, 0.5) is 34.5 Å². The number of piperidine rings is 1. The zero-order chi connectivity index (χ0) is 29.6. The highest BCUT2D eigenvalue weighted by Crippen LogP contribution is 2.42. The lowest BCUT2D eigenvalue weighted by molar-refractivity contribution is -0.111. The molecule has 2 aliphatic heterocycles. The summed E-state index contributed by atoms with van der Waals surface area (Å²) >= 11 is 0. The highest BCUT2D eigenvalue weighted by molar-refractivity contribution is 6.05. The van der Waals surface area contributed by atoms with Crippen LogP contribution in [0.15, 0.2) is 66.2 Å². The van der Waals surface area contributed by atoms with Crippen LogP contribution in [-0.4, -0.2) is 52.3 Å². The number of aliphatic hydroxyl groups is 1. The number of amides is 2. The van der Waals surface area contributed by atoms with Gasteiger partial charge < -0.3 is 26.0 Å². The van der Waals surface area contributed by atoms with Gasteiger partial charge >= 0.3 is 0 Å². The number of benzene rings is 2. The topological polar surface area (TPSA) is 132 Å². The number of aromatic nitrogens is 2. The summed E-state index contributed by atoms with van der Waals surface area (Å²) in [7, 11) is 0. The molecule has 0 spiro atoms. The summed E-state index contributed by atoms with van der Waals surface area (Å²) in [6.45, 7) is 8.73. The van der Waals surface area contributed by atoms with Crippen molar-refractivity contribution in [1.82, 2.24) is 9.97 Å². The summed E-state index contributed by atoms with van der Waals surface area (Å²) in [5.74, 6) is 1.09. The van der Waals surface area contributed by atoms with E-state index in [-0.39, 0.29) is 30.4 Å². The van der Waals surface area contributed by atoms with Crippen molar-refractivity contribution < 1.29 is 14.7 Å². The van der Waals surface area contributed by atoms with Crippen LogP contribution in [0, 0.1) is 5.92 Å². The third-order valence-electron chi connectivity index (χ3n) is 7.63. The molecule has 2 atom stereocenters. The number of aliphatic hydroxyl groups excluding tert-OH is 1. The first-order valence-corrected chi connectivity index (χ1v) is 14.4. The van der Waals surface area contributed by atoms with E-state index in [0.717, 1.165) is 42.9 Å². The molecule has 42 heavy (non-hydrogen) atoms. The van der Waals surface area contributed by atoms with Crippen molar-refractivity contribution >= 4 is 52.5 Å². The molecule has 4 N–H and O–H groups in total. The number of aliphatic imine (C=N–C) groups is 1. The van der Waals surface area contributed by atoms with E-state index in [9.17, 15) is 14.7 Å². The van der Waals surface area contributed by atoms with Crippen LogP contribution in [-0.2, 0) is 4.79 Å². The largest absolute Gasteiger partial charge is 0.396 e. The minimum absolute atomic E-state index is 0.0884. The van der Waals surface area contributed by atoms with E-state index in [0.29, 0.717) is 41.0 Å². The molecule has 10 heteroatoms. The number of carbonyl (C=O) groups excluding carboxylic acids is 2. The smallest absolute Gasteiger partial charge is 0.255 e. The molecule has 0 aliphatic carbocycles. The number of hydrogen-bond acceptors (Lipinski definition) is 8. The van der Waals surface area contributed by atoms with Crippen LogP contribution in [0.3, 0.4) is 0 Å². The van der Waals surface area contributed by atoms with Crippen LogP contribution in [0.25, 0.3) is 0 Å². The van der Waals surface area contributed by atoms with Crippen molar-refractivity contribution in [2.75, 3.05) is 34.0 Å². The van der Waals surface area contributed by atoms with E-state index in [1.54, 1.807) is 24.3 Å². The third kappa shape index (κ3) is 6.49. The molecular formula is C32H37N7O3. The van der Waals surface area contributed by atoms with Gasteiger partial charge in [-0.3, -0.25) is 14.6 Å². The van der Waals surface area contributed by atoms with Crippen molar-refractivity contribution in [2.24, 2.45) is 10.9 Å². The molecule has 10 nitrogen and oxygen atoms in total. The fourth-order valence-electron chi connectivity index (χ4n) is 5.37. The average molecular weight is 568 g/mol. The van der Waals surface area contributed by atoms with Gasteiger partial charge in [0.2, 0.25) is 11.9 Å². The Labute approximate surface area is 246 Å². The van der Waals surface area contributed by atoms with Crippen LogP contribution in [0.1, 0.15) is 61.5 Å². The van der Waals surface area contributed by atoms with Gasteiger partial charge in [0.05, 0.1) is 5.69 Å². The number of anilines is 5. The molecule has 2 amide bonds. The second-order valence-corrected chi connectivity index (χ2v) is 10.9. The first-order valence-electron chi connectivity index (χ1n) is 14.4. The number of hydrogen-bond donors (Lipinski definition) is 4. The van der Waals surface area contributed by atoms with Crippen molar-refractivity contribution in [1.29, 1.82) is 0 Å². The van der Waals surface area contributed by atoms with Gasteiger partial charge in [0, 0.05) is 54.0 Å². The van der Waals surface area contributed by atoms with Crippen molar-refractivity contribution in [3.63, 3.8) is 0 Å². The second kappa shape index (κ2) is 12.9.